The van der Waals surface area contributed by atoms with Gasteiger partial charge in [0, 0.05) is 13.0 Å². The van der Waals surface area contributed by atoms with Crippen LogP contribution in [0.3, 0.4) is 0 Å². The van der Waals surface area contributed by atoms with Gasteiger partial charge in [-0.15, -0.1) is 13.2 Å². The molecule has 2 nitrogen and oxygen atoms in total. The fraction of sp³-hybridized carbons (Fsp3) is 0.333. The monoisotopic (exact) mass is 243 g/mol. The largest absolute Gasteiger partial charge is 0.573 e. The summed E-state index contributed by atoms with van der Waals surface area (Å²) < 4.78 is 40.1. The Morgan fingerprint density at radius 2 is 2.00 bits per heavy atom. The molecule has 0 aliphatic carbocycles. The van der Waals surface area contributed by atoms with Crippen molar-refractivity contribution in [1.82, 2.24) is 5.32 Å². The summed E-state index contributed by atoms with van der Waals surface area (Å²) in [5.74, 6) is 5.16. The smallest absolute Gasteiger partial charge is 0.404 e. The SMILES string of the molecule is CNCCC#Cc1ccccc1OC(F)(F)F. The fourth-order valence-corrected chi connectivity index (χ4v) is 1.13. The van der Waals surface area contributed by atoms with Crippen LogP contribution in [-0.4, -0.2) is 20.0 Å². The van der Waals surface area contributed by atoms with Crippen LogP contribution in [0.15, 0.2) is 24.3 Å². The zero-order valence-corrected chi connectivity index (χ0v) is 9.27. The first-order valence-electron chi connectivity index (χ1n) is 5.01. The minimum atomic E-state index is -4.69. The quantitative estimate of drug-likeness (QED) is 0.650. The first-order valence-corrected chi connectivity index (χ1v) is 5.01. The molecule has 0 aromatic heterocycles. The first kappa shape index (κ1) is 13.4. The molecule has 0 aliphatic heterocycles. The van der Waals surface area contributed by atoms with Crippen molar-refractivity contribution in [1.29, 1.82) is 0 Å². The maximum absolute atomic E-state index is 12.1. The summed E-state index contributed by atoms with van der Waals surface area (Å²) in [6, 6.07) is 5.83. The Morgan fingerprint density at radius 3 is 2.65 bits per heavy atom. The molecule has 0 bridgehead atoms. The van der Waals surface area contributed by atoms with Crippen LogP contribution in [0.2, 0.25) is 0 Å². The van der Waals surface area contributed by atoms with Crippen molar-refractivity contribution in [2.45, 2.75) is 12.8 Å². The molecule has 0 amide bonds. The Bertz CT molecular complexity index is 418. The summed E-state index contributed by atoms with van der Waals surface area (Å²) in [6.45, 7) is 0.690. The van der Waals surface area contributed by atoms with E-state index >= 15 is 0 Å². The molecule has 0 saturated heterocycles. The topological polar surface area (TPSA) is 21.3 Å². The van der Waals surface area contributed by atoms with E-state index in [4.69, 9.17) is 0 Å². The maximum Gasteiger partial charge on any atom is 0.573 e. The third kappa shape index (κ3) is 5.27. The Balaban J connectivity index is 2.80. The molecule has 0 heterocycles. The summed E-state index contributed by atoms with van der Waals surface area (Å²) in [7, 11) is 1.78. The minimum Gasteiger partial charge on any atom is -0.404 e. The van der Waals surface area contributed by atoms with E-state index in [0.29, 0.717) is 13.0 Å². The highest BCUT2D eigenvalue weighted by Crippen LogP contribution is 2.25. The van der Waals surface area contributed by atoms with Crippen LogP contribution < -0.4 is 10.1 Å². The zero-order valence-electron chi connectivity index (χ0n) is 9.27. The third-order valence-corrected chi connectivity index (χ3v) is 1.84. The highest BCUT2D eigenvalue weighted by atomic mass is 19.4. The third-order valence-electron chi connectivity index (χ3n) is 1.84. The molecule has 0 radical (unpaired) electrons. The number of para-hydroxylation sites is 1. The second-order valence-corrected chi connectivity index (χ2v) is 3.20. The van der Waals surface area contributed by atoms with E-state index < -0.39 is 6.36 Å². The van der Waals surface area contributed by atoms with Crippen molar-refractivity contribution in [3.05, 3.63) is 29.8 Å². The van der Waals surface area contributed by atoms with Gasteiger partial charge in [0.25, 0.3) is 0 Å². The van der Waals surface area contributed by atoms with Crippen LogP contribution in [0, 0.1) is 11.8 Å². The fourth-order valence-electron chi connectivity index (χ4n) is 1.13. The Labute approximate surface area is 97.8 Å². The molecule has 1 aromatic carbocycles. The van der Waals surface area contributed by atoms with Gasteiger partial charge in [0.15, 0.2) is 0 Å². The Hall–Kier alpha value is -1.67. The van der Waals surface area contributed by atoms with Gasteiger partial charge in [-0.3, -0.25) is 0 Å². The predicted molar refractivity (Wildman–Crippen MR) is 58.5 cm³/mol. The van der Waals surface area contributed by atoms with Gasteiger partial charge in [0.2, 0.25) is 0 Å². The van der Waals surface area contributed by atoms with E-state index in [9.17, 15) is 13.2 Å². The summed E-state index contributed by atoms with van der Waals surface area (Å²) in [6.07, 6.45) is -4.13. The van der Waals surface area contributed by atoms with E-state index in [1.165, 1.54) is 18.2 Å². The number of hydrogen-bond acceptors (Lipinski definition) is 2. The van der Waals surface area contributed by atoms with E-state index in [1.54, 1.807) is 13.1 Å². The van der Waals surface area contributed by atoms with Crippen molar-refractivity contribution in [2.75, 3.05) is 13.6 Å². The molecule has 1 rings (SSSR count). The van der Waals surface area contributed by atoms with Crippen LogP contribution in [0.4, 0.5) is 13.2 Å². The number of alkyl halides is 3. The number of nitrogens with one attached hydrogen (secondary N) is 1. The van der Waals surface area contributed by atoms with Crippen LogP contribution in [0.5, 0.6) is 5.75 Å². The summed E-state index contributed by atoms with van der Waals surface area (Å²) in [4.78, 5) is 0. The van der Waals surface area contributed by atoms with Crippen molar-refractivity contribution in [3.8, 4) is 17.6 Å². The summed E-state index contributed by atoms with van der Waals surface area (Å²) >= 11 is 0. The molecular formula is C12H12F3NO. The normalized spacial score (nSPS) is 10.6. The summed E-state index contributed by atoms with van der Waals surface area (Å²) in [5, 5.41) is 2.89. The molecule has 0 spiro atoms. The van der Waals surface area contributed by atoms with Gasteiger partial charge in [-0.25, -0.2) is 0 Å². The van der Waals surface area contributed by atoms with Crippen LogP contribution in [0.25, 0.3) is 0 Å². The highest BCUT2D eigenvalue weighted by Gasteiger charge is 2.31. The Morgan fingerprint density at radius 1 is 1.29 bits per heavy atom. The molecule has 0 fully saturated rings. The molecule has 0 saturated carbocycles. The minimum absolute atomic E-state index is 0.237. The summed E-state index contributed by atoms with van der Waals surface area (Å²) in [5.41, 5.74) is 0.237. The molecule has 1 aromatic rings. The van der Waals surface area contributed by atoms with E-state index in [0.717, 1.165) is 0 Å². The number of ether oxygens (including phenoxy) is 1. The van der Waals surface area contributed by atoms with E-state index in [1.807, 2.05) is 0 Å². The molecule has 0 atom stereocenters. The van der Waals surface area contributed by atoms with Gasteiger partial charge >= 0.3 is 6.36 Å². The maximum atomic E-state index is 12.1. The van der Waals surface area contributed by atoms with Crippen LogP contribution >= 0.6 is 0 Å². The highest BCUT2D eigenvalue weighted by molar-refractivity contribution is 5.45. The van der Waals surface area contributed by atoms with Gasteiger partial charge in [-0.05, 0) is 19.2 Å². The number of halogens is 3. The number of benzene rings is 1. The van der Waals surface area contributed by atoms with Crippen LogP contribution in [-0.2, 0) is 0 Å². The molecule has 5 heteroatoms. The number of hydrogen-bond donors (Lipinski definition) is 1. The average Bonchev–Trinajstić information content (AvgIpc) is 2.24. The lowest BCUT2D eigenvalue weighted by Crippen LogP contribution is -2.17. The first-order chi connectivity index (χ1) is 8.03. The van der Waals surface area contributed by atoms with Crippen molar-refractivity contribution < 1.29 is 17.9 Å². The molecule has 17 heavy (non-hydrogen) atoms. The average molecular weight is 243 g/mol. The van der Waals surface area contributed by atoms with Gasteiger partial charge in [0.05, 0.1) is 5.56 Å². The van der Waals surface area contributed by atoms with E-state index in [2.05, 4.69) is 21.9 Å². The lowest BCUT2D eigenvalue weighted by atomic mass is 10.2. The zero-order chi connectivity index (χ0) is 12.7. The predicted octanol–water partition coefficient (Wildman–Crippen LogP) is 2.55. The lowest BCUT2D eigenvalue weighted by molar-refractivity contribution is -0.274. The Kier molecular flexibility index (Phi) is 4.85. The lowest BCUT2D eigenvalue weighted by Gasteiger charge is -2.09. The van der Waals surface area contributed by atoms with Gasteiger partial charge in [-0.1, -0.05) is 24.0 Å². The van der Waals surface area contributed by atoms with E-state index in [-0.39, 0.29) is 11.3 Å². The molecule has 1 N–H and O–H groups in total. The molecule has 0 aliphatic rings. The molecular weight excluding hydrogens is 231 g/mol. The molecule has 0 unspecified atom stereocenters. The van der Waals surface area contributed by atoms with Gasteiger partial charge in [0.1, 0.15) is 5.75 Å². The van der Waals surface area contributed by atoms with Crippen molar-refractivity contribution >= 4 is 0 Å². The van der Waals surface area contributed by atoms with Gasteiger partial charge in [-0.2, -0.15) is 0 Å². The number of rotatable bonds is 3. The standard InChI is InChI=1S/C12H12F3NO/c1-16-9-5-4-7-10-6-2-3-8-11(10)17-12(13,14)15/h2-3,6,8,16H,5,9H2,1H3. The van der Waals surface area contributed by atoms with Crippen LogP contribution in [0.1, 0.15) is 12.0 Å². The van der Waals surface area contributed by atoms with Crippen molar-refractivity contribution in [3.63, 3.8) is 0 Å². The van der Waals surface area contributed by atoms with Gasteiger partial charge < -0.3 is 10.1 Å². The second-order valence-electron chi connectivity index (χ2n) is 3.20. The molecule has 92 valence electrons. The second kappa shape index (κ2) is 6.16. The van der Waals surface area contributed by atoms with Crippen molar-refractivity contribution in [2.24, 2.45) is 0 Å².